The second-order valence-electron chi connectivity index (χ2n) is 5.55. The summed E-state index contributed by atoms with van der Waals surface area (Å²) < 4.78 is 0. The molecule has 0 bridgehead atoms. The Bertz CT molecular complexity index is 1000. The van der Waals surface area contributed by atoms with Crippen LogP contribution in [0.25, 0.3) is 11.3 Å². The Morgan fingerprint density at radius 1 is 1.00 bits per heavy atom. The molecule has 6 nitrogen and oxygen atoms in total. The molecule has 2 aromatic carbocycles. The molecule has 2 N–H and O–H groups in total. The predicted molar refractivity (Wildman–Crippen MR) is 94.9 cm³/mol. The number of fused-ring (bicyclic) bond motifs is 1. The van der Waals surface area contributed by atoms with E-state index in [2.05, 4.69) is 20.2 Å². The van der Waals surface area contributed by atoms with Gasteiger partial charge in [-0.05, 0) is 24.3 Å². The zero-order chi connectivity index (χ0) is 17.4. The Kier molecular flexibility index (Phi) is 3.74. The highest BCUT2D eigenvalue weighted by atomic mass is 35.5. The van der Waals surface area contributed by atoms with E-state index in [1.165, 1.54) is 0 Å². The van der Waals surface area contributed by atoms with Crippen molar-refractivity contribution in [2.75, 3.05) is 5.73 Å². The topological polar surface area (TPSA) is 93.6 Å². The summed E-state index contributed by atoms with van der Waals surface area (Å²) in [4.78, 5) is 21.2. The van der Waals surface area contributed by atoms with Gasteiger partial charge in [-0.15, -0.1) is 0 Å². The van der Waals surface area contributed by atoms with Gasteiger partial charge in [-0.25, -0.2) is 9.97 Å². The summed E-state index contributed by atoms with van der Waals surface area (Å²) in [6.07, 6.45) is 0. The van der Waals surface area contributed by atoms with Crippen molar-refractivity contribution >= 4 is 29.0 Å². The minimum Gasteiger partial charge on any atom is -0.368 e. The molecule has 0 fully saturated rings. The number of carbonyl (C=O) groups is 1. The molecule has 0 amide bonds. The van der Waals surface area contributed by atoms with E-state index in [9.17, 15) is 4.79 Å². The zero-order valence-electron chi connectivity index (χ0n) is 12.9. The number of benzene rings is 2. The Labute approximate surface area is 148 Å². The summed E-state index contributed by atoms with van der Waals surface area (Å²) in [5, 5.41) is 8.70. The summed E-state index contributed by atoms with van der Waals surface area (Å²) in [6.45, 7) is 0. The summed E-state index contributed by atoms with van der Waals surface area (Å²) in [5.74, 6) is -0.138. The van der Waals surface area contributed by atoms with Crippen molar-refractivity contribution in [3.63, 3.8) is 0 Å². The summed E-state index contributed by atoms with van der Waals surface area (Å²) >= 11 is 6.00. The van der Waals surface area contributed by atoms with Crippen molar-refractivity contribution in [2.45, 2.75) is 6.04 Å². The second-order valence-corrected chi connectivity index (χ2v) is 5.98. The van der Waals surface area contributed by atoms with Gasteiger partial charge in [0.05, 0.1) is 17.1 Å². The predicted octanol–water partition coefficient (Wildman–Crippen LogP) is 4.40. The van der Waals surface area contributed by atoms with E-state index in [0.29, 0.717) is 27.7 Å². The molecule has 0 aliphatic carbocycles. The number of rotatable bonds is 2. The molecule has 4 rings (SSSR count). The van der Waals surface area contributed by atoms with Crippen LogP contribution in [-0.4, -0.2) is 15.8 Å². The van der Waals surface area contributed by atoms with Crippen molar-refractivity contribution < 1.29 is 4.79 Å². The monoisotopic (exact) mass is 349 g/mol. The summed E-state index contributed by atoms with van der Waals surface area (Å²) in [5.41, 5.74) is 8.67. The first kappa shape index (κ1) is 15.4. The number of ketones is 1. The quantitative estimate of drug-likeness (QED) is 0.741. The minimum atomic E-state index is -0.862. The number of anilines is 1. The minimum absolute atomic E-state index is 0.0799. The number of halogens is 1. The van der Waals surface area contributed by atoms with Crippen LogP contribution >= 0.6 is 11.6 Å². The van der Waals surface area contributed by atoms with Crippen molar-refractivity contribution in [1.29, 1.82) is 0 Å². The molecule has 1 atom stereocenters. The van der Waals surface area contributed by atoms with Crippen LogP contribution in [0.1, 0.15) is 22.1 Å². The van der Waals surface area contributed by atoms with Crippen molar-refractivity contribution in [3.8, 4) is 11.3 Å². The molecule has 3 aromatic rings. The molecule has 0 saturated heterocycles. The van der Waals surface area contributed by atoms with Crippen LogP contribution in [0.5, 0.6) is 0 Å². The Morgan fingerprint density at radius 3 is 2.60 bits per heavy atom. The lowest BCUT2D eigenvalue weighted by atomic mass is 9.98. The van der Waals surface area contributed by atoms with Gasteiger partial charge < -0.3 is 5.73 Å². The van der Waals surface area contributed by atoms with Crippen molar-refractivity contribution in [1.82, 2.24) is 9.97 Å². The molecule has 25 heavy (non-hydrogen) atoms. The van der Waals surface area contributed by atoms with Gasteiger partial charge in [-0.2, -0.15) is 10.2 Å². The molecule has 0 radical (unpaired) electrons. The second kappa shape index (κ2) is 6.07. The van der Waals surface area contributed by atoms with Crippen molar-refractivity contribution in [2.24, 2.45) is 10.2 Å². The number of aromatic nitrogens is 2. The third kappa shape index (κ3) is 2.88. The molecule has 1 aromatic heterocycles. The Balaban J connectivity index is 1.78. The summed E-state index contributed by atoms with van der Waals surface area (Å²) in [6, 6.07) is 15.3. The molecular formula is C18H12ClN5O. The molecule has 1 aliphatic heterocycles. The number of hydrogen-bond acceptors (Lipinski definition) is 6. The van der Waals surface area contributed by atoms with Gasteiger partial charge >= 0.3 is 0 Å². The standard InChI is InChI=1S/C18H12ClN5O/c19-11-6-7-13-12(8-11)17(25)16(24-23-13)15-9-14(21-18(20)22-15)10-4-2-1-3-5-10/h1-9,16H,(H2,20,21,22). The maximum Gasteiger partial charge on any atom is 0.220 e. The van der Waals surface area contributed by atoms with Crippen LogP contribution in [0.15, 0.2) is 64.8 Å². The van der Waals surface area contributed by atoms with Gasteiger partial charge in [0.15, 0.2) is 11.8 Å². The third-order valence-electron chi connectivity index (χ3n) is 3.87. The number of nitrogens with zero attached hydrogens (tertiary/aromatic N) is 4. The molecule has 1 aliphatic rings. The number of hydrogen-bond donors (Lipinski definition) is 1. The van der Waals surface area contributed by atoms with Gasteiger partial charge in [-0.1, -0.05) is 41.9 Å². The van der Waals surface area contributed by atoms with Gasteiger partial charge in [-0.3, -0.25) is 4.79 Å². The SMILES string of the molecule is Nc1nc(-c2ccccc2)cc(C2N=Nc3ccc(Cl)cc3C2=O)n1. The highest BCUT2D eigenvalue weighted by molar-refractivity contribution is 6.31. The van der Waals surface area contributed by atoms with E-state index < -0.39 is 6.04 Å². The van der Waals surface area contributed by atoms with Gasteiger partial charge in [0.25, 0.3) is 0 Å². The Morgan fingerprint density at radius 2 is 1.80 bits per heavy atom. The smallest absolute Gasteiger partial charge is 0.220 e. The van der Waals surface area contributed by atoms with E-state index in [4.69, 9.17) is 17.3 Å². The van der Waals surface area contributed by atoms with E-state index in [0.717, 1.165) is 5.56 Å². The average Bonchev–Trinajstić information content (AvgIpc) is 2.63. The van der Waals surface area contributed by atoms with E-state index >= 15 is 0 Å². The Hall–Kier alpha value is -3.12. The molecule has 0 spiro atoms. The van der Waals surface area contributed by atoms with Gasteiger partial charge in [0.1, 0.15) is 0 Å². The van der Waals surface area contributed by atoms with Crippen LogP contribution in [0.3, 0.4) is 0 Å². The number of azo groups is 1. The number of nitrogen functional groups attached to an aromatic ring is 1. The average molecular weight is 350 g/mol. The fourth-order valence-corrected chi connectivity index (χ4v) is 2.86. The van der Waals surface area contributed by atoms with Crippen LogP contribution < -0.4 is 5.73 Å². The maximum atomic E-state index is 12.8. The first-order valence-corrected chi connectivity index (χ1v) is 7.94. The van der Waals surface area contributed by atoms with Gasteiger partial charge in [0.2, 0.25) is 5.95 Å². The van der Waals surface area contributed by atoms with Crippen LogP contribution in [0, 0.1) is 0 Å². The third-order valence-corrected chi connectivity index (χ3v) is 4.10. The molecule has 1 unspecified atom stereocenters. The highest BCUT2D eigenvalue weighted by Gasteiger charge is 2.30. The normalized spacial score (nSPS) is 15.9. The number of carbonyl (C=O) groups excluding carboxylic acids is 1. The molecule has 7 heteroatoms. The van der Waals surface area contributed by atoms with Crippen molar-refractivity contribution in [3.05, 3.63) is 70.9 Å². The first-order chi connectivity index (χ1) is 12.1. The fourth-order valence-electron chi connectivity index (χ4n) is 2.69. The maximum absolute atomic E-state index is 12.8. The zero-order valence-corrected chi connectivity index (χ0v) is 13.7. The van der Waals surface area contributed by atoms with Gasteiger partial charge in [0, 0.05) is 16.1 Å². The van der Waals surface area contributed by atoms with E-state index in [1.807, 2.05) is 30.3 Å². The molecule has 2 heterocycles. The lowest BCUT2D eigenvalue weighted by Crippen LogP contribution is -2.16. The summed E-state index contributed by atoms with van der Waals surface area (Å²) in [7, 11) is 0. The van der Waals surface area contributed by atoms with Crippen LogP contribution in [0.2, 0.25) is 5.02 Å². The highest BCUT2D eigenvalue weighted by Crippen LogP contribution is 2.35. The van der Waals surface area contributed by atoms with Crippen LogP contribution in [0.4, 0.5) is 11.6 Å². The van der Waals surface area contributed by atoms with Crippen LogP contribution in [-0.2, 0) is 0 Å². The number of nitrogens with two attached hydrogens (primary N) is 1. The lowest BCUT2D eigenvalue weighted by Gasteiger charge is -2.17. The molecular weight excluding hydrogens is 338 g/mol. The largest absolute Gasteiger partial charge is 0.368 e. The molecule has 0 saturated carbocycles. The van der Waals surface area contributed by atoms with E-state index in [1.54, 1.807) is 24.3 Å². The molecule has 122 valence electrons. The first-order valence-electron chi connectivity index (χ1n) is 7.56. The lowest BCUT2D eigenvalue weighted by molar-refractivity contribution is 0.0954. The van der Waals surface area contributed by atoms with E-state index in [-0.39, 0.29) is 11.7 Å². The number of Topliss-reactive ketones (excluding diaryl/α,β-unsaturated/α-hetero) is 1. The fraction of sp³-hybridized carbons (Fsp3) is 0.0556.